The molecule has 3 nitrogen and oxygen atoms in total. The molecule has 1 unspecified atom stereocenters. The molecule has 0 aromatic carbocycles. The Hall–Kier alpha value is -0.350. The minimum absolute atomic E-state index is 0.153. The predicted octanol–water partition coefficient (Wildman–Crippen LogP) is 2.47. The van der Waals surface area contributed by atoms with E-state index < -0.39 is 0 Å². The summed E-state index contributed by atoms with van der Waals surface area (Å²) in [6.07, 6.45) is 5.71. The Bertz CT molecular complexity index is 317. The fourth-order valence-corrected chi connectivity index (χ4v) is 2.54. The molecule has 14 heavy (non-hydrogen) atoms. The summed E-state index contributed by atoms with van der Waals surface area (Å²) in [6, 6.07) is 0.153. The van der Waals surface area contributed by atoms with E-state index in [-0.39, 0.29) is 6.04 Å². The molecule has 0 aliphatic heterocycles. The molecule has 1 aliphatic carbocycles. The second kappa shape index (κ2) is 4.03. The number of aryl methyl sites for hydroxylation is 1. The number of aromatic nitrogens is 2. The summed E-state index contributed by atoms with van der Waals surface area (Å²) in [5.74, 6) is 0.660. The highest BCUT2D eigenvalue weighted by Gasteiger charge is 2.29. The molecule has 0 amide bonds. The SMILES string of the molecule is CCn1ncc(Br)c1C(N)C1CCC1. The first-order valence-electron chi connectivity index (χ1n) is 5.20. The Labute approximate surface area is 92.8 Å². The maximum atomic E-state index is 6.23. The van der Waals surface area contributed by atoms with Gasteiger partial charge >= 0.3 is 0 Å². The smallest absolute Gasteiger partial charge is 0.0696 e. The van der Waals surface area contributed by atoms with Gasteiger partial charge in [-0.3, -0.25) is 4.68 Å². The highest BCUT2D eigenvalue weighted by molar-refractivity contribution is 9.10. The van der Waals surface area contributed by atoms with Crippen LogP contribution in [0.5, 0.6) is 0 Å². The molecule has 0 radical (unpaired) electrons. The van der Waals surface area contributed by atoms with Crippen molar-refractivity contribution in [3.63, 3.8) is 0 Å². The van der Waals surface area contributed by atoms with Gasteiger partial charge in [0.2, 0.25) is 0 Å². The summed E-state index contributed by atoms with van der Waals surface area (Å²) in [7, 11) is 0. The van der Waals surface area contributed by atoms with E-state index in [1.165, 1.54) is 19.3 Å². The predicted molar refractivity (Wildman–Crippen MR) is 59.9 cm³/mol. The quantitative estimate of drug-likeness (QED) is 0.905. The number of hydrogen-bond acceptors (Lipinski definition) is 2. The van der Waals surface area contributed by atoms with Gasteiger partial charge in [0.1, 0.15) is 0 Å². The van der Waals surface area contributed by atoms with Crippen molar-refractivity contribution in [3.8, 4) is 0 Å². The van der Waals surface area contributed by atoms with Crippen molar-refractivity contribution in [1.82, 2.24) is 9.78 Å². The molecule has 2 N–H and O–H groups in total. The second-order valence-corrected chi connectivity index (χ2v) is 4.76. The Kier molecular flexibility index (Phi) is 2.93. The monoisotopic (exact) mass is 257 g/mol. The first-order valence-corrected chi connectivity index (χ1v) is 6.00. The second-order valence-electron chi connectivity index (χ2n) is 3.91. The van der Waals surface area contributed by atoms with E-state index in [1.54, 1.807) is 0 Å². The number of rotatable bonds is 3. The molecule has 0 spiro atoms. The molecule has 1 aromatic rings. The standard InChI is InChI=1S/C10H16BrN3/c1-2-14-10(8(11)6-13-14)9(12)7-4-3-5-7/h6-7,9H,2-5,12H2,1H3. The van der Waals surface area contributed by atoms with E-state index >= 15 is 0 Å². The highest BCUT2D eigenvalue weighted by atomic mass is 79.9. The van der Waals surface area contributed by atoms with Gasteiger partial charge in [0.05, 0.1) is 22.4 Å². The molecule has 4 heteroatoms. The Morgan fingerprint density at radius 1 is 1.71 bits per heavy atom. The summed E-state index contributed by atoms with van der Waals surface area (Å²) in [4.78, 5) is 0. The van der Waals surface area contributed by atoms with Crippen LogP contribution in [0, 0.1) is 5.92 Å². The largest absolute Gasteiger partial charge is 0.322 e. The first kappa shape index (κ1) is 10.2. The Morgan fingerprint density at radius 3 is 2.93 bits per heavy atom. The highest BCUT2D eigenvalue weighted by Crippen LogP contribution is 2.38. The third kappa shape index (κ3) is 1.61. The van der Waals surface area contributed by atoms with Gasteiger partial charge in [-0.2, -0.15) is 5.10 Å². The number of nitrogens with two attached hydrogens (primary N) is 1. The van der Waals surface area contributed by atoms with Crippen molar-refractivity contribution < 1.29 is 0 Å². The van der Waals surface area contributed by atoms with Crippen LogP contribution in [0.4, 0.5) is 0 Å². The lowest BCUT2D eigenvalue weighted by atomic mass is 9.79. The molecule has 1 heterocycles. The van der Waals surface area contributed by atoms with Crippen LogP contribution in [0.3, 0.4) is 0 Å². The van der Waals surface area contributed by atoms with Crippen molar-refractivity contribution in [2.24, 2.45) is 11.7 Å². The minimum Gasteiger partial charge on any atom is -0.322 e. The zero-order valence-corrected chi connectivity index (χ0v) is 10.00. The number of nitrogens with zero attached hydrogens (tertiary/aromatic N) is 2. The molecular weight excluding hydrogens is 242 g/mol. The van der Waals surface area contributed by atoms with E-state index in [0.29, 0.717) is 5.92 Å². The summed E-state index contributed by atoms with van der Waals surface area (Å²) in [6.45, 7) is 2.98. The lowest BCUT2D eigenvalue weighted by Gasteiger charge is -2.31. The maximum absolute atomic E-state index is 6.23. The third-order valence-electron chi connectivity index (χ3n) is 3.11. The minimum atomic E-state index is 0.153. The van der Waals surface area contributed by atoms with Crippen molar-refractivity contribution in [3.05, 3.63) is 16.4 Å². The van der Waals surface area contributed by atoms with Gasteiger partial charge in [-0.15, -0.1) is 0 Å². The van der Waals surface area contributed by atoms with Crippen LogP contribution in [0.25, 0.3) is 0 Å². The molecule has 0 bridgehead atoms. The fourth-order valence-electron chi connectivity index (χ4n) is 1.98. The lowest BCUT2D eigenvalue weighted by molar-refractivity contribution is 0.255. The summed E-state index contributed by atoms with van der Waals surface area (Å²) >= 11 is 3.52. The van der Waals surface area contributed by atoms with Crippen molar-refractivity contribution >= 4 is 15.9 Å². The van der Waals surface area contributed by atoms with E-state index in [0.717, 1.165) is 16.7 Å². The Morgan fingerprint density at radius 2 is 2.43 bits per heavy atom. The lowest BCUT2D eigenvalue weighted by Crippen LogP contribution is -2.29. The Balaban J connectivity index is 2.23. The van der Waals surface area contributed by atoms with Gasteiger partial charge in [-0.1, -0.05) is 6.42 Å². The van der Waals surface area contributed by atoms with Gasteiger partial charge in [0.15, 0.2) is 0 Å². The zero-order chi connectivity index (χ0) is 10.1. The van der Waals surface area contributed by atoms with Crippen LogP contribution in [-0.4, -0.2) is 9.78 Å². The molecule has 1 aliphatic rings. The van der Waals surface area contributed by atoms with Gasteiger partial charge < -0.3 is 5.73 Å². The third-order valence-corrected chi connectivity index (χ3v) is 3.72. The zero-order valence-electron chi connectivity index (χ0n) is 8.41. The maximum Gasteiger partial charge on any atom is 0.0696 e. The average molecular weight is 258 g/mol. The van der Waals surface area contributed by atoms with E-state index in [1.807, 2.05) is 10.9 Å². The van der Waals surface area contributed by atoms with Gasteiger partial charge in [-0.05, 0) is 41.6 Å². The molecule has 0 saturated heterocycles. The fraction of sp³-hybridized carbons (Fsp3) is 0.700. The normalized spacial score (nSPS) is 19.4. The summed E-state index contributed by atoms with van der Waals surface area (Å²) in [5, 5.41) is 4.29. The topological polar surface area (TPSA) is 43.8 Å². The van der Waals surface area contributed by atoms with Crippen LogP contribution in [0.1, 0.15) is 37.9 Å². The molecule has 1 fully saturated rings. The van der Waals surface area contributed by atoms with Gasteiger partial charge in [0, 0.05) is 6.54 Å². The molecule has 78 valence electrons. The van der Waals surface area contributed by atoms with E-state index in [2.05, 4.69) is 28.0 Å². The van der Waals surface area contributed by atoms with Crippen LogP contribution in [0.2, 0.25) is 0 Å². The molecule has 2 rings (SSSR count). The van der Waals surface area contributed by atoms with Crippen molar-refractivity contribution in [1.29, 1.82) is 0 Å². The summed E-state index contributed by atoms with van der Waals surface area (Å²) in [5.41, 5.74) is 7.40. The first-order chi connectivity index (χ1) is 6.74. The van der Waals surface area contributed by atoms with Crippen LogP contribution in [0.15, 0.2) is 10.7 Å². The average Bonchev–Trinajstić information content (AvgIpc) is 2.43. The molecule has 1 aromatic heterocycles. The van der Waals surface area contributed by atoms with Gasteiger partial charge in [0.25, 0.3) is 0 Å². The molecule has 1 atom stereocenters. The van der Waals surface area contributed by atoms with Crippen LogP contribution in [-0.2, 0) is 6.54 Å². The van der Waals surface area contributed by atoms with E-state index in [9.17, 15) is 0 Å². The van der Waals surface area contributed by atoms with Gasteiger partial charge in [-0.25, -0.2) is 0 Å². The molecular formula is C10H16BrN3. The van der Waals surface area contributed by atoms with Crippen molar-refractivity contribution in [2.45, 2.75) is 38.8 Å². The van der Waals surface area contributed by atoms with Crippen molar-refractivity contribution in [2.75, 3.05) is 0 Å². The summed E-state index contributed by atoms with van der Waals surface area (Å²) < 4.78 is 3.05. The number of hydrogen-bond donors (Lipinski definition) is 1. The molecule has 1 saturated carbocycles. The van der Waals surface area contributed by atoms with Crippen LogP contribution < -0.4 is 5.73 Å². The number of halogens is 1. The van der Waals surface area contributed by atoms with Crippen LogP contribution >= 0.6 is 15.9 Å². The van der Waals surface area contributed by atoms with E-state index in [4.69, 9.17) is 5.73 Å².